The third-order valence-electron chi connectivity index (χ3n) is 3.87. The zero-order valence-corrected chi connectivity index (χ0v) is 15.3. The lowest BCUT2D eigenvalue weighted by Crippen LogP contribution is -2.26. The Kier molecular flexibility index (Phi) is 5.66. The lowest BCUT2D eigenvalue weighted by atomic mass is 10.2. The molecule has 0 spiro atoms. The molecule has 0 aliphatic carbocycles. The average Bonchev–Trinajstić information content (AvgIpc) is 2.65. The van der Waals surface area contributed by atoms with Crippen molar-refractivity contribution in [1.82, 2.24) is 9.78 Å². The van der Waals surface area contributed by atoms with Crippen LogP contribution in [-0.4, -0.2) is 15.7 Å². The van der Waals surface area contributed by atoms with Crippen molar-refractivity contribution < 1.29 is 9.53 Å². The van der Waals surface area contributed by atoms with Crippen LogP contribution in [-0.2, 0) is 6.54 Å². The molecule has 6 heteroatoms. The Balaban J connectivity index is 1.68. The molecular weight excluding hydrogens is 342 g/mol. The van der Waals surface area contributed by atoms with Gasteiger partial charge in [0.25, 0.3) is 11.5 Å². The summed E-state index contributed by atoms with van der Waals surface area (Å²) in [5.74, 6) is 1.06. The molecule has 0 aliphatic heterocycles. The van der Waals surface area contributed by atoms with Crippen molar-refractivity contribution in [3.05, 3.63) is 82.3 Å². The predicted molar refractivity (Wildman–Crippen MR) is 104 cm³/mol. The van der Waals surface area contributed by atoms with E-state index in [9.17, 15) is 9.59 Å². The summed E-state index contributed by atoms with van der Waals surface area (Å²) in [6.07, 6.45) is 0.764. The molecule has 6 nitrogen and oxygen atoms in total. The van der Waals surface area contributed by atoms with Crippen LogP contribution in [0.1, 0.15) is 29.4 Å². The molecule has 27 heavy (non-hydrogen) atoms. The third kappa shape index (κ3) is 4.82. The SMILES string of the molecule is CCCn1nc(C(=O)Nc2ccc(Oc3cccc(C)c3)cc2)ccc1=O. The van der Waals surface area contributed by atoms with Crippen LogP contribution in [0.15, 0.2) is 65.5 Å². The van der Waals surface area contributed by atoms with Crippen molar-refractivity contribution in [2.24, 2.45) is 0 Å². The van der Waals surface area contributed by atoms with E-state index >= 15 is 0 Å². The fourth-order valence-corrected chi connectivity index (χ4v) is 2.56. The number of nitrogens with zero attached hydrogens (tertiary/aromatic N) is 2. The molecule has 3 aromatic rings. The van der Waals surface area contributed by atoms with E-state index < -0.39 is 0 Å². The van der Waals surface area contributed by atoms with Crippen LogP contribution in [0, 0.1) is 6.92 Å². The minimum absolute atomic E-state index is 0.197. The van der Waals surface area contributed by atoms with Gasteiger partial charge < -0.3 is 10.1 Å². The fraction of sp³-hybridized carbons (Fsp3) is 0.190. The summed E-state index contributed by atoms with van der Waals surface area (Å²) in [4.78, 5) is 24.1. The summed E-state index contributed by atoms with van der Waals surface area (Å²) in [6.45, 7) is 4.43. The van der Waals surface area contributed by atoms with Gasteiger partial charge in [0.05, 0.1) is 0 Å². The summed E-state index contributed by atoms with van der Waals surface area (Å²) in [5.41, 5.74) is 1.72. The molecule has 3 rings (SSSR count). The van der Waals surface area contributed by atoms with Crippen LogP contribution in [0.4, 0.5) is 5.69 Å². The van der Waals surface area contributed by atoms with E-state index in [-0.39, 0.29) is 17.2 Å². The van der Waals surface area contributed by atoms with Crippen LogP contribution in [0.3, 0.4) is 0 Å². The number of amides is 1. The first-order chi connectivity index (χ1) is 13.0. The van der Waals surface area contributed by atoms with Crippen LogP contribution in [0.2, 0.25) is 0 Å². The van der Waals surface area contributed by atoms with Crippen molar-refractivity contribution in [2.45, 2.75) is 26.8 Å². The van der Waals surface area contributed by atoms with Crippen LogP contribution in [0.25, 0.3) is 0 Å². The molecule has 138 valence electrons. The summed E-state index contributed by atoms with van der Waals surface area (Å²) in [7, 11) is 0. The van der Waals surface area contributed by atoms with E-state index in [4.69, 9.17) is 4.74 Å². The molecule has 1 aromatic heterocycles. The van der Waals surface area contributed by atoms with Crippen molar-refractivity contribution in [2.75, 3.05) is 5.32 Å². The molecule has 0 bridgehead atoms. The molecule has 2 aromatic carbocycles. The van der Waals surface area contributed by atoms with E-state index in [1.54, 1.807) is 24.3 Å². The van der Waals surface area contributed by atoms with Gasteiger partial charge >= 0.3 is 0 Å². The number of hydrogen-bond acceptors (Lipinski definition) is 4. The number of hydrogen-bond donors (Lipinski definition) is 1. The highest BCUT2D eigenvalue weighted by Crippen LogP contribution is 2.23. The lowest BCUT2D eigenvalue weighted by Gasteiger charge is -2.09. The second-order valence-corrected chi connectivity index (χ2v) is 6.18. The average molecular weight is 363 g/mol. The maximum atomic E-state index is 12.4. The van der Waals surface area contributed by atoms with E-state index in [1.165, 1.54) is 16.8 Å². The minimum Gasteiger partial charge on any atom is -0.457 e. The van der Waals surface area contributed by atoms with Gasteiger partial charge in [0.1, 0.15) is 17.2 Å². The molecule has 0 saturated heterocycles. The third-order valence-corrected chi connectivity index (χ3v) is 3.87. The quantitative estimate of drug-likeness (QED) is 0.718. The number of nitrogens with one attached hydrogen (secondary N) is 1. The monoisotopic (exact) mass is 363 g/mol. The fourth-order valence-electron chi connectivity index (χ4n) is 2.56. The molecule has 1 heterocycles. The summed E-state index contributed by atoms with van der Waals surface area (Å²) >= 11 is 0. The Morgan fingerprint density at radius 1 is 1.07 bits per heavy atom. The zero-order valence-electron chi connectivity index (χ0n) is 15.3. The first-order valence-corrected chi connectivity index (χ1v) is 8.79. The smallest absolute Gasteiger partial charge is 0.276 e. The Hall–Kier alpha value is -3.41. The number of benzene rings is 2. The molecule has 0 aliphatic rings. The van der Waals surface area contributed by atoms with Gasteiger partial charge in [-0.2, -0.15) is 5.10 Å². The maximum Gasteiger partial charge on any atom is 0.276 e. The molecular formula is C21H21N3O3. The number of aryl methyl sites for hydroxylation is 2. The molecule has 0 unspecified atom stereocenters. The Morgan fingerprint density at radius 3 is 2.56 bits per heavy atom. The van der Waals surface area contributed by atoms with E-state index in [0.29, 0.717) is 18.0 Å². The van der Waals surface area contributed by atoms with Crippen LogP contribution in [0.5, 0.6) is 11.5 Å². The normalized spacial score (nSPS) is 10.4. The number of anilines is 1. The van der Waals surface area contributed by atoms with Crippen molar-refractivity contribution in [3.8, 4) is 11.5 Å². The standard InChI is InChI=1S/C21H21N3O3/c1-3-13-24-20(25)12-11-19(23-24)21(26)22-16-7-9-17(10-8-16)27-18-6-4-5-15(2)14-18/h4-12,14H,3,13H2,1-2H3,(H,22,26). The Labute approximate surface area is 157 Å². The van der Waals surface area contributed by atoms with Gasteiger partial charge in [-0.1, -0.05) is 19.1 Å². The highest BCUT2D eigenvalue weighted by molar-refractivity contribution is 6.02. The molecule has 1 N–H and O–H groups in total. The highest BCUT2D eigenvalue weighted by atomic mass is 16.5. The van der Waals surface area contributed by atoms with Gasteiger partial charge in [-0.15, -0.1) is 0 Å². The maximum absolute atomic E-state index is 12.4. The van der Waals surface area contributed by atoms with Crippen LogP contribution >= 0.6 is 0 Å². The van der Waals surface area contributed by atoms with E-state index in [2.05, 4.69) is 10.4 Å². The van der Waals surface area contributed by atoms with Crippen LogP contribution < -0.4 is 15.6 Å². The molecule has 0 atom stereocenters. The Morgan fingerprint density at radius 2 is 1.85 bits per heavy atom. The summed E-state index contributed by atoms with van der Waals surface area (Å²) in [5, 5.41) is 6.88. The van der Waals surface area contributed by atoms with Gasteiger partial charge in [0.2, 0.25) is 0 Å². The molecule has 0 radical (unpaired) electrons. The predicted octanol–water partition coefficient (Wildman–Crippen LogP) is 4.01. The van der Waals surface area contributed by atoms with Crippen molar-refractivity contribution in [3.63, 3.8) is 0 Å². The van der Waals surface area contributed by atoms with Gasteiger partial charge in [-0.25, -0.2) is 4.68 Å². The molecule has 0 saturated carbocycles. The van der Waals surface area contributed by atoms with Gasteiger partial charge in [-0.3, -0.25) is 9.59 Å². The lowest BCUT2D eigenvalue weighted by molar-refractivity contribution is 0.101. The van der Waals surface area contributed by atoms with Gasteiger partial charge in [-0.05, 0) is 61.4 Å². The molecule has 1 amide bonds. The number of aromatic nitrogens is 2. The number of ether oxygens (including phenoxy) is 1. The zero-order chi connectivity index (χ0) is 19.2. The number of rotatable bonds is 6. The largest absolute Gasteiger partial charge is 0.457 e. The first-order valence-electron chi connectivity index (χ1n) is 8.79. The minimum atomic E-state index is -0.368. The second-order valence-electron chi connectivity index (χ2n) is 6.18. The molecule has 0 fully saturated rings. The van der Waals surface area contributed by atoms with Crippen molar-refractivity contribution in [1.29, 1.82) is 0 Å². The van der Waals surface area contributed by atoms with Crippen molar-refractivity contribution >= 4 is 11.6 Å². The Bertz CT molecular complexity index is 994. The summed E-state index contributed by atoms with van der Waals surface area (Å²) < 4.78 is 7.10. The second kappa shape index (κ2) is 8.31. The van der Waals surface area contributed by atoms with E-state index in [1.807, 2.05) is 38.1 Å². The van der Waals surface area contributed by atoms with E-state index in [0.717, 1.165) is 17.7 Å². The van der Waals surface area contributed by atoms with Gasteiger partial charge in [0.15, 0.2) is 0 Å². The number of carbonyl (C=O) groups is 1. The number of carbonyl (C=O) groups excluding carboxylic acids is 1. The summed E-state index contributed by atoms with van der Waals surface area (Å²) in [6, 6.07) is 17.6. The van der Waals surface area contributed by atoms with Gasteiger partial charge in [0, 0.05) is 18.3 Å². The first kappa shape index (κ1) is 18.4. The topological polar surface area (TPSA) is 73.2 Å². The highest BCUT2D eigenvalue weighted by Gasteiger charge is 2.10.